The number of aliphatic hydroxyl groups excluding tert-OH is 1. The van der Waals surface area contributed by atoms with E-state index in [1.54, 1.807) is 31.2 Å². The molecule has 0 spiro atoms. The summed E-state index contributed by atoms with van der Waals surface area (Å²) >= 11 is 0. The highest BCUT2D eigenvalue weighted by molar-refractivity contribution is 6.00. The Morgan fingerprint density at radius 3 is 2.74 bits per heavy atom. The van der Waals surface area contributed by atoms with Crippen LogP contribution in [0.4, 0.5) is 4.39 Å². The molecule has 1 aromatic rings. The van der Waals surface area contributed by atoms with Gasteiger partial charge in [0.2, 0.25) is 5.91 Å². The minimum absolute atomic E-state index is 0.0237. The van der Waals surface area contributed by atoms with E-state index in [1.165, 1.54) is 17.1 Å². The second kappa shape index (κ2) is 13.3. The minimum Gasteiger partial charge on any atom is -0.457 e. The van der Waals surface area contributed by atoms with Crippen molar-refractivity contribution in [2.75, 3.05) is 13.1 Å². The van der Waals surface area contributed by atoms with Crippen molar-refractivity contribution in [1.29, 1.82) is 0 Å². The number of esters is 1. The molecule has 38 heavy (non-hydrogen) atoms. The van der Waals surface area contributed by atoms with Crippen LogP contribution < -0.4 is 5.32 Å². The van der Waals surface area contributed by atoms with E-state index in [0.29, 0.717) is 12.0 Å². The molecule has 1 aromatic heterocycles. The van der Waals surface area contributed by atoms with Crippen LogP contribution in [0.1, 0.15) is 56.9 Å². The molecule has 0 fully saturated rings. The molecular formula is C28H36FN3O6. The Kier molecular flexibility index (Phi) is 10.2. The van der Waals surface area contributed by atoms with Gasteiger partial charge < -0.3 is 24.5 Å². The molecule has 9 nitrogen and oxygen atoms in total. The number of hydrogen-bond donors (Lipinski definition) is 2. The maximum atomic E-state index is 14.6. The lowest BCUT2D eigenvalue weighted by Gasteiger charge is -2.27. The van der Waals surface area contributed by atoms with Crippen LogP contribution >= 0.6 is 0 Å². The Morgan fingerprint density at radius 2 is 2.00 bits per heavy atom. The lowest BCUT2D eigenvalue weighted by atomic mass is 9.94. The van der Waals surface area contributed by atoms with Gasteiger partial charge >= 0.3 is 5.97 Å². The first kappa shape index (κ1) is 29.0. The number of allylic oxidation sites excluding steroid dienone is 2. The van der Waals surface area contributed by atoms with Crippen molar-refractivity contribution in [2.24, 2.45) is 11.8 Å². The van der Waals surface area contributed by atoms with Crippen LogP contribution in [0.15, 0.2) is 58.4 Å². The van der Waals surface area contributed by atoms with Gasteiger partial charge in [-0.2, -0.15) is 0 Å². The van der Waals surface area contributed by atoms with Crippen molar-refractivity contribution in [3.05, 3.63) is 65.6 Å². The molecule has 0 aliphatic carbocycles. The molecule has 3 heterocycles. The van der Waals surface area contributed by atoms with Gasteiger partial charge in [0.1, 0.15) is 24.2 Å². The summed E-state index contributed by atoms with van der Waals surface area (Å²) in [6.45, 7) is 7.96. The minimum atomic E-state index is -1.46. The average molecular weight is 530 g/mol. The van der Waals surface area contributed by atoms with Crippen LogP contribution in [-0.2, 0) is 20.7 Å². The van der Waals surface area contributed by atoms with Crippen LogP contribution in [-0.4, -0.2) is 64.2 Å². The van der Waals surface area contributed by atoms with E-state index in [9.17, 15) is 23.9 Å². The quantitative estimate of drug-likeness (QED) is 0.535. The molecule has 4 atom stereocenters. The average Bonchev–Trinajstić information content (AvgIpc) is 3.52. The fourth-order valence-corrected chi connectivity index (χ4v) is 4.41. The second-order valence-corrected chi connectivity index (χ2v) is 9.96. The van der Waals surface area contributed by atoms with Crippen LogP contribution in [0.25, 0.3) is 0 Å². The lowest BCUT2D eigenvalue weighted by Crippen LogP contribution is -2.36. The SMILES string of the molecule is CC1=C\[C@@H](O)C[C@@H](F)Cc2nc(co2)C(=O)N2CCC=C2C(=O)O[C@H](C(C)C)[C@H](C)/C=C/C(=O)NC\C=C\1. The summed E-state index contributed by atoms with van der Waals surface area (Å²) in [5.74, 6) is -1.81. The molecule has 206 valence electrons. The van der Waals surface area contributed by atoms with Crippen molar-refractivity contribution in [2.45, 2.75) is 65.3 Å². The Hall–Kier alpha value is -3.53. The predicted molar refractivity (Wildman–Crippen MR) is 138 cm³/mol. The lowest BCUT2D eigenvalue weighted by molar-refractivity contribution is -0.149. The smallest absolute Gasteiger partial charge is 0.355 e. The number of aliphatic hydroxyl groups is 1. The molecule has 3 rings (SSSR count). The number of fused-ring (bicyclic) bond motifs is 3. The van der Waals surface area contributed by atoms with E-state index in [0.717, 1.165) is 6.26 Å². The summed E-state index contributed by atoms with van der Waals surface area (Å²) in [5.41, 5.74) is 0.773. The van der Waals surface area contributed by atoms with E-state index in [1.807, 2.05) is 20.8 Å². The van der Waals surface area contributed by atoms with Crippen molar-refractivity contribution in [3.63, 3.8) is 0 Å². The standard InChI is InChI=1S/C28H36FN3O6/c1-17(2)26-19(4)9-10-24(34)30-11-5-7-18(3)13-21(33)14-20(29)15-25-31-22(16-37-25)27(35)32-12-6-8-23(32)28(36)38-26/h5,7-10,13,16-17,19-21,26,33H,6,11-12,14-15H2,1-4H3,(H,30,34)/b7-5+,10-9+,18-13+/t19-,20-,21-,26-/m1/s1. The highest BCUT2D eigenvalue weighted by Gasteiger charge is 2.33. The van der Waals surface area contributed by atoms with E-state index < -0.39 is 30.3 Å². The molecule has 2 bridgehead atoms. The number of ether oxygens (including phenoxy) is 1. The zero-order valence-corrected chi connectivity index (χ0v) is 22.2. The van der Waals surface area contributed by atoms with Gasteiger partial charge in [-0.05, 0) is 25.3 Å². The predicted octanol–water partition coefficient (Wildman–Crippen LogP) is 3.43. The Morgan fingerprint density at radius 1 is 1.24 bits per heavy atom. The maximum Gasteiger partial charge on any atom is 0.355 e. The Labute approximate surface area is 222 Å². The molecule has 0 radical (unpaired) electrons. The van der Waals surface area contributed by atoms with Gasteiger partial charge in [0.05, 0.1) is 12.5 Å². The summed E-state index contributed by atoms with van der Waals surface area (Å²) in [5, 5.41) is 13.0. The van der Waals surface area contributed by atoms with Crippen molar-refractivity contribution in [1.82, 2.24) is 15.2 Å². The zero-order chi connectivity index (χ0) is 27.8. The van der Waals surface area contributed by atoms with E-state index >= 15 is 0 Å². The molecule has 0 saturated carbocycles. The summed E-state index contributed by atoms with van der Waals surface area (Å²) in [7, 11) is 0. The number of carbonyl (C=O) groups is 3. The van der Waals surface area contributed by atoms with Crippen molar-refractivity contribution >= 4 is 17.8 Å². The zero-order valence-electron chi connectivity index (χ0n) is 22.2. The number of amides is 2. The third-order valence-corrected chi connectivity index (χ3v) is 6.30. The number of cyclic esters (lactones) is 1. The van der Waals surface area contributed by atoms with Gasteiger partial charge in [0, 0.05) is 25.4 Å². The number of hydrogen-bond acceptors (Lipinski definition) is 7. The van der Waals surface area contributed by atoms with Crippen LogP contribution in [0.5, 0.6) is 0 Å². The van der Waals surface area contributed by atoms with E-state index in [2.05, 4.69) is 10.3 Å². The number of nitrogens with one attached hydrogen (secondary N) is 1. The van der Waals surface area contributed by atoms with Crippen molar-refractivity contribution in [3.8, 4) is 0 Å². The van der Waals surface area contributed by atoms with Crippen LogP contribution in [0.2, 0.25) is 0 Å². The van der Waals surface area contributed by atoms with Gasteiger partial charge in [-0.1, -0.05) is 56.7 Å². The normalized spacial score (nSPS) is 29.6. The number of alkyl halides is 1. The molecular weight excluding hydrogens is 493 g/mol. The van der Waals surface area contributed by atoms with Crippen LogP contribution in [0.3, 0.4) is 0 Å². The van der Waals surface area contributed by atoms with E-state index in [-0.39, 0.29) is 61.0 Å². The molecule has 10 heteroatoms. The molecule has 2 N–H and O–H groups in total. The maximum absolute atomic E-state index is 14.6. The summed E-state index contributed by atoms with van der Waals surface area (Å²) < 4.78 is 25.7. The number of rotatable bonds is 1. The summed E-state index contributed by atoms with van der Waals surface area (Å²) in [4.78, 5) is 43.9. The molecule has 0 saturated heterocycles. The third kappa shape index (κ3) is 7.98. The van der Waals surface area contributed by atoms with Gasteiger partial charge in [0.15, 0.2) is 11.6 Å². The molecule has 0 unspecified atom stereocenters. The summed E-state index contributed by atoms with van der Waals surface area (Å²) in [6.07, 6.45) is 7.87. The highest BCUT2D eigenvalue weighted by atomic mass is 19.1. The number of oxazole rings is 1. The Balaban J connectivity index is 1.86. The number of carbonyl (C=O) groups excluding carboxylic acids is 3. The number of nitrogens with zero attached hydrogens (tertiary/aromatic N) is 2. The van der Waals surface area contributed by atoms with Gasteiger partial charge in [0.25, 0.3) is 5.91 Å². The largest absolute Gasteiger partial charge is 0.457 e. The number of aromatic nitrogens is 1. The number of halogens is 1. The van der Waals surface area contributed by atoms with Gasteiger partial charge in [-0.3, -0.25) is 9.59 Å². The van der Waals surface area contributed by atoms with E-state index in [4.69, 9.17) is 9.15 Å². The van der Waals surface area contributed by atoms with Crippen molar-refractivity contribution < 1.29 is 33.0 Å². The monoisotopic (exact) mass is 529 g/mol. The van der Waals surface area contributed by atoms with Gasteiger partial charge in [-0.15, -0.1) is 0 Å². The highest BCUT2D eigenvalue weighted by Crippen LogP contribution is 2.25. The van der Waals surface area contributed by atoms with Crippen LogP contribution in [0, 0.1) is 11.8 Å². The second-order valence-electron chi connectivity index (χ2n) is 9.96. The Bertz CT molecular complexity index is 1140. The molecule has 0 aromatic carbocycles. The first-order valence-corrected chi connectivity index (χ1v) is 12.9. The molecule has 2 aliphatic rings. The topological polar surface area (TPSA) is 122 Å². The first-order chi connectivity index (χ1) is 18.0. The molecule has 2 aliphatic heterocycles. The third-order valence-electron chi connectivity index (χ3n) is 6.30. The first-order valence-electron chi connectivity index (χ1n) is 12.9. The van der Waals surface area contributed by atoms with Gasteiger partial charge in [-0.25, -0.2) is 14.2 Å². The fourth-order valence-electron chi connectivity index (χ4n) is 4.41. The molecule has 2 amide bonds. The fraction of sp³-hybridized carbons (Fsp3) is 0.500. The summed E-state index contributed by atoms with van der Waals surface area (Å²) in [6, 6.07) is 0.